The predicted molar refractivity (Wildman–Crippen MR) is 77.8 cm³/mol. The fraction of sp³-hybridized carbons (Fsp3) is 0.214. The normalized spacial score (nSPS) is 9.48. The molecule has 2 rings (SSSR count). The second-order valence-corrected chi connectivity index (χ2v) is 4.23. The van der Waals surface area contributed by atoms with E-state index in [1.807, 2.05) is 18.5 Å². The number of nitrogens with zero attached hydrogens (tertiary/aromatic N) is 1. The molecule has 7 nitrogen and oxygen atoms in total. The third-order valence-corrected chi connectivity index (χ3v) is 2.59. The van der Waals surface area contributed by atoms with Gasteiger partial charge in [0.05, 0.1) is 5.56 Å². The zero-order valence-electron chi connectivity index (χ0n) is 11.9. The van der Waals surface area contributed by atoms with Gasteiger partial charge in [0.25, 0.3) is 5.91 Å². The number of aromatic nitrogens is 2. The molecular formula is C14H18N4O3. The first-order chi connectivity index (χ1) is 9.97. The van der Waals surface area contributed by atoms with Crippen LogP contribution >= 0.6 is 0 Å². The van der Waals surface area contributed by atoms with Gasteiger partial charge in [-0.1, -0.05) is 13.0 Å². The molecule has 21 heavy (non-hydrogen) atoms. The molecule has 1 aromatic carbocycles. The number of amides is 1. The highest BCUT2D eigenvalue weighted by molar-refractivity contribution is 5.97. The van der Waals surface area contributed by atoms with Gasteiger partial charge in [-0.05, 0) is 25.1 Å². The molecule has 0 aliphatic carbocycles. The highest BCUT2D eigenvalue weighted by Crippen LogP contribution is 2.04. The lowest BCUT2D eigenvalue weighted by Gasteiger charge is -1.99. The van der Waals surface area contributed by atoms with Gasteiger partial charge in [0.15, 0.2) is 0 Å². The van der Waals surface area contributed by atoms with Crippen molar-refractivity contribution in [3.63, 3.8) is 0 Å². The summed E-state index contributed by atoms with van der Waals surface area (Å²) in [5, 5.41) is 8.60. The van der Waals surface area contributed by atoms with Crippen LogP contribution < -0.4 is 11.3 Å². The van der Waals surface area contributed by atoms with Crippen LogP contribution in [0.25, 0.3) is 0 Å². The molecule has 0 aliphatic rings. The summed E-state index contributed by atoms with van der Waals surface area (Å²) in [7, 11) is 0. The molecule has 0 atom stereocenters. The van der Waals surface area contributed by atoms with Gasteiger partial charge < -0.3 is 10.1 Å². The van der Waals surface area contributed by atoms with E-state index in [-0.39, 0.29) is 11.1 Å². The SMILES string of the molecule is CCc1ncc(C)[nH]1.NNC(=O)c1cccc(C(=O)O)c1. The maximum Gasteiger partial charge on any atom is 0.335 e. The number of nitrogens with two attached hydrogens (primary N) is 1. The van der Waals surface area contributed by atoms with Gasteiger partial charge in [0.1, 0.15) is 5.82 Å². The molecular weight excluding hydrogens is 272 g/mol. The maximum absolute atomic E-state index is 11.0. The lowest BCUT2D eigenvalue weighted by molar-refractivity contribution is 0.0697. The lowest BCUT2D eigenvalue weighted by Crippen LogP contribution is -2.30. The lowest BCUT2D eigenvalue weighted by atomic mass is 10.1. The second-order valence-electron chi connectivity index (χ2n) is 4.23. The minimum absolute atomic E-state index is 0.0566. The third-order valence-electron chi connectivity index (χ3n) is 2.59. The number of nitrogen functional groups attached to an aromatic ring is 1. The fourth-order valence-corrected chi connectivity index (χ4v) is 1.52. The number of H-pyrrole nitrogens is 1. The number of hydrazine groups is 1. The van der Waals surface area contributed by atoms with Crippen LogP contribution in [0.4, 0.5) is 0 Å². The van der Waals surface area contributed by atoms with E-state index >= 15 is 0 Å². The van der Waals surface area contributed by atoms with Crippen molar-refractivity contribution in [1.82, 2.24) is 15.4 Å². The first-order valence-corrected chi connectivity index (χ1v) is 6.32. The standard InChI is InChI=1S/C8H8N2O3.C6H10N2/c9-10-7(11)5-2-1-3-6(4-5)8(12)13;1-3-6-7-4-5(2)8-6/h1-4H,9H2,(H,10,11)(H,12,13);4H,3H2,1-2H3,(H,7,8). The van der Waals surface area contributed by atoms with Gasteiger partial charge >= 0.3 is 5.97 Å². The molecule has 112 valence electrons. The van der Waals surface area contributed by atoms with Crippen molar-refractivity contribution in [2.24, 2.45) is 5.84 Å². The van der Waals surface area contributed by atoms with Crippen molar-refractivity contribution in [1.29, 1.82) is 0 Å². The molecule has 0 unspecified atom stereocenters. The number of carbonyl (C=O) groups excluding carboxylic acids is 1. The van der Waals surface area contributed by atoms with Crippen LogP contribution in [0, 0.1) is 6.92 Å². The van der Waals surface area contributed by atoms with Crippen molar-refractivity contribution in [3.05, 3.63) is 53.1 Å². The van der Waals surface area contributed by atoms with Crippen molar-refractivity contribution in [2.45, 2.75) is 20.3 Å². The number of hydrogen-bond acceptors (Lipinski definition) is 4. The Bertz CT molecular complexity index is 622. The average molecular weight is 290 g/mol. The topological polar surface area (TPSA) is 121 Å². The first kappa shape index (κ1) is 16.4. The Morgan fingerprint density at radius 3 is 2.48 bits per heavy atom. The molecule has 0 fully saturated rings. The number of nitrogens with one attached hydrogen (secondary N) is 2. The van der Waals surface area contributed by atoms with Gasteiger partial charge in [-0.2, -0.15) is 0 Å². The summed E-state index contributed by atoms with van der Waals surface area (Å²) in [5.74, 6) is 4.37. The Labute approximate surface area is 122 Å². The Balaban J connectivity index is 0.000000235. The molecule has 1 aromatic heterocycles. The average Bonchev–Trinajstić information content (AvgIpc) is 2.93. The first-order valence-electron chi connectivity index (χ1n) is 6.32. The molecule has 0 radical (unpaired) electrons. The number of carboxylic acids is 1. The smallest absolute Gasteiger partial charge is 0.335 e. The van der Waals surface area contributed by atoms with Crippen LogP contribution in [0.3, 0.4) is 0 Å². The van der Waals surface area contributed by atoms with E-state index in [2.05, 4.69) is 16.9 Å². The van der Waals surface area contributed by atoms with Gasteiger partial charge in [-0.3, -0.25) is 10.2 Å². The molecule has 1 amide bonds. The maximum atomic E-state index is 11.0. The van der Waals surface area contributed by atoms with E-state index in [0.29, 0.717) is 0 Å². The Morgan fingerprint density at radius 1 is 1.38 bits per heavy atom. The van der Waals surface area contributed by atoms with Crippen molar-refractivity contribution < 1.29 is 14.7 Å². The number of aromatic amines is 1. The molecule has 1 heterocycles. The van der Waals surface area contributed by atoms with Gasteiger partial charge in [-0.25, -0.2) is 15.6 Å². The number of carboxylic acid groups (broad SMARTS) is 1. The van der Waals surface area contributed by atoms with Gasteiger partial charge in [-0.15, -0.1) is 0 Å². The van der Waals surface area contributed by atoms with Gasteiger partial charge in [0.2, 0.25) is 0 Å². The Morgan fingerprint density at radius 2 is 2.05 bits per heavy atom. The van der Waals surface area contributed by atoms with Crippen LogP contribution in [0.2, 0.25) is 0 Å². The van der Waals surface area contributed by atoms with E-state index in [1.54, 1.807) is 0 Å². The highest BCUT2D eigenvalue weighted by atomic mass is 16.4. The van der Waals surface area contributed by atoms with Crippen molar-refractivity contribution in [3.8, 4) is 0 Å². The molecule has 0 spiro atoms. The van der Waals surface area contributed by atoms with Crippen LogP contribution in [-0.4, -0.2) is 27.0 Å². The van der Waals surface area contributed by atoms with E-state index < -0.39 is 11.9 Å². The quantitative estimate of drug-likeness (QED) is 0.385. The molecule has 5 N–H and O–H groups in total. The molecule has 0 aliphatic heterocycles. The number of imidazole rings is 1. The van der Waals surface area contributed by atoms with Crippen LogP contribution in [0.15, 0.2) is 30.5 Å². The fourth-order valence-electron chi connectivity index (χ4n) is 1.52. The second kappa shape index (κ2) is 7.81. The number of carbonyl (C=O) groups is 2. The minimum Gasteiger partial charge on any atom is -0.478 e. The third kappa shape index (κ3) is 5.07. The summed E-state index contributed by atoms with van der Waals surface area (Å²) in [6.45, 7) is 4.09. The summed E-state index contributed by atoms with van der Waals surface area (Å²) in [6, 6.07) is 5.61. The summed E-state index contributed by atoms with van der Waals surface area (Å²) < 4.78 is 0. The monoisotopic (exact) mass is 290 g/mol. The zero-order valence-corrected chi connectivity index (χ0v) is 11.9. The summed E-state index contributed by atoms with van der Waals surface area (Å²) in [4.78, 5) is 28.7. The number of benzene rings is 1. The Kier molecular flexibility index (Phi) is 6.09. The van der Waals surface area contributed by atoms with Crippen molar-refractivity contribution in [2.75, 3.05) is 0 Å². The van der Waals surface area contributed by atoms with Crippen LogP contribution in [0.5, 0.6) is 0 Å². The van der Waals surface area contributed by atoms with E-state index in [4.69, 9.17) is 10.9 Å². The summed E-state index contributed by atoms with van der Waals surface area (Å²) in [6.07, 6.45) is 2.84. The largest absolute Gasteiger partial charge is 0.478 e. The van der Waals surface area contributed by atoms with Crippen LogP contribution in [0.1, 0.15) is 39.2 Å². The minimum atomic E-state index is -1.08. The van der Waals surface area contributed by atoms with Gasteiger partial charge in [0, 0.05) is 23.9 Å². The summed E-state index contributed by atoms with van der Waals surface area (Å²) in [5.41, 5.74) is 3.34. The zero-order chi connectivity index (χ0) is 15.8. The molecule has 7 heteroatoms. The van der Waals surface area contributed by atoms with E-state index in [0.717, 1.165) is 17.9 Å². The molecule has 0 bridgehead atoms. The number of hydrogen-bond donors (Lipinski definition) is 4. The Hall–Kier alpha value is -2.67. The number of rotatable bonds is 3. The summed E-state index contributed by atoms with van der Waals surface area (Å²) >= 11 is 0. The molecule has 2 aromatic rings. The number of aryl methyl sites for hydroxylation is 2. The van der Waals surface area contributed by atoms with Crippen molar-refractivity contribution >= 4 is 11.9 Å². The van der Waals surface area contributed by atoms with E-state index in [9.17, 15) is 9.59 Å². The number of aromatic carboxylic acids is 1. The molecule has 0 saturated heterocycles. The van der Waals surface area contributed by atoms with E-state index in [1.165, 1.54) is 24.3 Å². The van der Waals surface area contributed by atoms with Crippen LogP contribution in [-0.2, 0) is 6.42 Å². The molecule has 0 saturated carbocycles. The predicted octanol–water partition coefficient (Wildman–Crippen LogP) is 1.27. The highest BCUT2D eigenvalue weighted by Gasteiger charge is 2.07.